The van der Waals surface area contributed by atoms with Gasteiger partial charge in [-0.05, 0) is 44.0 Å². The molecule has 0 atom stereocenters. The molecule has 2 aromatic rings. The van der Waals surface area contributed by atoms with E-state index in [1.807, 2.05) is 0 Å². The maximum atomic E-state index is 12.5. The molecule has 0 saturated heterocycles. The molecule has 4 N–H and O–H groups in total. The summed E-state index contributed by atoms with van der Waals surface area (Å²) in [6.07, 6.45) is 0. The minimum absolute atomic E-state index is 0.135. The second-order valence-electron chi connectivity index (χ2n) is 6.79. The molecular weight excluding hydrogens is 506 g/mol. The highest BCUT2D eigenvalue weighted by molar-refractivity contribution is 7.86. The van der Waals surface area contributed by atoms with E-state index in [2.05, 4.69) is 10.2 Å². The lowest BCUT2D eigenvalue weighted by atomic mass is 10.1. The number of azo groups is 1. The predicted octanol–water partition coefficient (Wildman–Crippen LogP) is 1.49. The summed E-state index contributed by atoms with van der Waals surface area (Å²) in [6.45, 7) is 3.71. The van der Waals surface area contributed by atoms with Crippen LogP contribution < -0.4 is 5.56 Å². The van der Waals surface area contributed by atoms with Crippen LogP contribution in [0.4, 0.5) is 11.4 Å². The summed E-state index contributed by atoms with van der Waals surface area (Å²) in [5.41, 5.74) is -2.75. The predicted molar refractivity (Wildman–Crippen MR) is 113 cm³/mol. The molecule has 14 nitrogen and oxygen atoms in total. The van der Waals surface area contributed by atoms with Crippen molar-refractivity contribution in [2.75, 3.05) is 0 Å². The summed E-state index contributed by atoms with van der Waals surface area (Å²) in [4.78, 5) is 10.6. The van der Waals surface area contributed by atoms with Crippen LogP contribution in [0.1, 0.15) is 23.6 Å². The third-order valence-corrected chi connectivity index (χ3v) is 7.02. The van der Waals surface area contributed by atoms with Crippen LogP contribution in [0.3, 0.4) is 0 Å². The van der Waals surface area contributed by atoms with Crippen LogP contribution in [-0.2, 0) is 42.7 Å². The van der Waals surface area contributed by atoms with Gasteiger partial charge >= 0.3 is 0 Å². The SMILES string of the molecule is CCn1c(O)c(N=Nc2cc(C)c(S(=O)(=O)O)cc2S(=O)(=O)O)c(C)c(CS(=O)(=O)O)c1=O. The molecule has 182 valence electrons. The Morgan fingerprint density at radius 3 is 1.91 bits per heavy atom. The van der Waals surface area contributed by atoms with E-state index in [1.54, 1.807) is 0 Å². The van der Waals surface area contributed by atoms with Crippen LogP contribution in [0.5, 0.6) is 5.88 Å². The number of nitrogens with zero attached hydrogens (tertiary/aromatic N) is 3. The largest absolute Gasteiger partial charge is 0.493 e. The normalized spacial score (nSPS) is 13.0. The average Bonchev–Trinajstić information content (AvgIpc) is 2.62. The Bertz CT molecular complexity index is 1540. The van der Waals surface area contributed by atoms with Gasteiger partial charge in [-0.1, -0.05) is 0 Å². The summed E-state index contributed by atoms with van der Waals surface area (Å²) in [7, 11) is -14.6. The minimum atomic E-state index is -5.07. The molecule has 0 spiro atoms. The first-order valence-electron chi connectivity index (χ1n) is 8.80. The van der Waals surface area contributed by atoms with E-state index in [-0.39, 0.29) is 17.7 Å². The molecule has 0 aliphatic rings. The number of aromatic nitrogens is 1. The van der Waals surface area contributed by atoms with E-state index in [9.17, 15) is 44.3 Å². The van der Waals surface area contributed by atoms with Crippen LogP contribution in [0.15, 0.2) is 36.9 Å². The lowest BCUT2D eigenvalue weighted by molar-refractivity contribution is 0.411. The van der Waals surface area contributed by atoms with Crippen molar-refractivity contribution in [1.82, 2.24) is 4.57 Å². The number of pyridine rings is 1. The van der Waals surface area contributed by atoms with Gasteiger partial charge in [0.2, 0.25) is 5.88 Å². The number of hydrogen-bond donors (Lipinski definition) is 4. The zero-order valence-corrected chi connectivity index (χ0v) is 19.7. The van der Waals surface area contributed by atoms with E-state index in [4.69, 9.17) is 4.55 Å². The van der Waals surface area contributed by atoms with Gasteiger partial charge in [0.1, 0.15) is 22.0 Å². The number of rotatable bonds is 7. The van der Waals surface area contributed by atoms with Crippen LogP contribution in [0, 0.1) is 13.8 Å². The molecule has 33 heavy (non-hydrogen) atoms. The van der Waals surface area contributed by atoms with E-state index < -0.39 is 74.3 Å². The first-order valence-corrected chi connectivity index (χ1v) is 13.3. The third kappa shape index (κ3) is 5.81. The summed E-state index contributed by atoms with van der Waals surface area (Å²) in [5.74, 6) is -1.85. The Morgan fingerprint density at radius 1 is 0.909 bits per heavy atom. The van der Waals surface area contributed by atoms with Gasteiger partial charge in [-0.3, -0.25) is 23.0 Å². The van der Waals surface area contributed by atoms with E-state index in [1.165, 1.54) is 20.8 Å². The fraction of sp³-hybridized carbons (Fsp3) is 0.312. The monoisotopic (exact) mass is 525 g/mol. The van der Waals surface area contributed by atoms with Gasteiger partial charge in [-0.2, -0.15) is 25.3 Å². The van der Waals surface area contributed by atoms with E-state index in [0.29, 0.717) is 6.07 Å². The van der Waals surface area contributed by atoms with Gasteiger partial charge in [0.15, 0.2) is 0 Å². The van der Waals surface area contributed by atoms with Gasteiger partial charge < -0.3 is 5.11 Å². The van der Waals surface area contributed by atoms with E-state index >= 15 is 0 Å². The summed E-state index contributed by atoms with van der Waals surface area (Å²) in [5, 5.41) is 17.7. The van der Waals surface area contributed by atoms with Gasteiger partial charge in [0.25, 0.3) is 35.9 Å². The molecule has 0 amide bonds. The summed E-state index contributed by atoms with van der Waals surface area (Å²) < 4.78 is 97.6. The molecule has 1 aromatic heterocycles. The maximum absolute atomic E-state index is 12.5. The zero-order valence-electron chi connectivity index (χ0n) is 17.3. The fourth-order valence-corrected chi connectivity index (χ4v) is 5.09. The highest BCUT2D eigenvalue weighted by atomic mass is 32.2. The molecule has 0 radical (unpaired) electrons. The molecule has 0 aliphatic carbocycles. The van der Waals surface area contributed by atoms with Crippen molar-refractivity contribution in [3.8, 4) is 5.88 Å². The molecule has 0 bridgehead atoms. The van der Waals surface area contributed by atoms with E-state index in [0.717, 1.165) is 10.6 Å². The fourth-order valence-electron chi connectivity index (χ4n) is 2.94. The maximum Gasteiger partial charge on any atom is 0.296 e. The van der Waals surface area contributed by atoms with Crippen molar-refractivity contribution in [1.29, 1.82) is 0 Å². The van der Waals surface area contributed by atoms with Crippen LogP contribution >= 0.6 is 0 Å². The Hall–Kier alpha value is -2.70. The molecule has 2 rings (SSSR count). The van der Waals surface area contributed by atoms with Crippen LogP contribution in [-0.4, -0.2) is 48.6 Å². The zero-order chi connectivity index (χ0) is 25.5. The Kier molecular flexibility index (Phi) is 7.17. The Labute approximate surface area is 188 Å². The van der Waals surface area contributed by atoms with Gasteiger partial charge in [0, 0.05) is 12.1 Å². The number of aromatic hydroxyl groups is 1. The molecule has 0 saturated carbocycles. The lowest BCUT2D eigenvalue weighted by Crippen LogP contribution is -2.26. The number of benzene rings is 1. The second kappa shape index (κ2) is 8.92. The van der Waals surface area contributed by atoms with Crippen molar-refractivity contribution >= 4 is 41.7 Å². The molecule has 1 aromatic carbocycles. The van der Waals surface area contributed by atoms with Gasteiger partial charge in [0.05, 0.1) is 4.90 Å². The van der Waals surface area contributed by atoms with Crippen LogP contribution in [0.25, 0.3) is 0 Å². The highest BCUT2D eigenvalue weighted by Gasteiger charge is 2.25. The molecule has 1 heterocycles. The molecular formula is C16H19N3O11S3. The molecule has 0 unspecified atom stereocenters. The Morgan fingerprint density at radius 2 is 1.45 bits per heavy atom. The average molecular weight is 526 g/mol. The Balaban J connectivity index is 2.85. The molecule has 17 heteroatoms. The highest BCUT2D eigenvalue weighted by Crippen LogP contribution is 2.35. The smallest absolute Gasteiger partial charge is 0.296 e. The van der Waals surface area contributed by atoms with Crippen LogP contribution in [0.2, 0.25) is 0 Å². The third-order valence-electron chi connectivity index (χ3n) is 4.49. The van der Waals surface area contributed by atoms with Gasteiger partial charge in [-0.25, -0.2) is 0 Å². The number of aryl methyl sites for hydroxylation is 1. The first kappa shape index (κ1) is 26.6. The first-order chi connectivity index (χ1) is 14.9. The quantitative estimate of drug-likeness (QED) is 0.299. The van der Waals surface area contributed by atoms with Crippen molar-refractivity contribution in [3.63, 3.8) is 0 Å². The summed E-state index contributed by atoms with van der Waals surface area (Å²) >= 11 is 0. The molecule has 0 aliphatic heterocycles. The molecule has 0 fully saturated rings. The van der Waals surface area contributed by atoms with Gasteiger partial charge in [-0.15, -0.1) is 10.2 Å². The topological polar surface area (TPSA) is 230 Å². The van der Waals surface area contributed by atoms with Crippen molar-refractivity contribution in [2.45, 2.75) is 42.9 Å². The van der Waals surface area contributed by atoms with Crippen molar-refractivity contribution in [2.24, 2.45) is 10.2 Å². The standard InChI is InChI=1S/C16H19N3O11S3/c1-4-19-15(20)10(7-31(22,23)24)9(3)14(16(19)21)18-17-11-5-8(2)12(32(25,26)27)6-13(11)33(28,29)30/h5-6,21H,4,7H2,1-3H3,(H,22,23,24)(H,25,26,27)(H,28,29,30). The minimum Gasteiger partial charge on any atom is -0.493 e. The summed E-state index contributed by atoms with van der Waals surface area (Å²) in [6, 6.07) is 1.33. The second-order valence-corrected chi connectivity index (χ2v) is 11.0. The lowest BCUT2D eigenvalue weighted by Gasteiger charge is -2.14. The van der Waals surface area contributed by atoms with Crippen molar-refractivity contribution in [3.05, 3.63) is 39.2 Å². The van der Waals surface area contributed by atoms with Crippen molar-refractivity contribution < 1.29 is 44.0 Å². The number of hydrogen-bond acceptors (Lipinski definition) is 10.